The van der Waals surface area contributed by atoms with Crippen molar-refractivity contribution in [1.82, 2.24) is 10.6 Å². The minimum Gasteiger partial charge on any atom is -0.444 e. The molecule has 0 saturated carbocycles. The van der Waals surface area contributed by atoms with E-state index in [0.717, 1.165) is 6.42 Å². The summed E-state index contributed by atoms with van der Waals surface area (Å²) in [5.74, 6) is 0.530. The minimum atomic E-state index is -0.809. The molecule has 2 amide bonds. The summed E-state index contributed by atoms with van der Waals surface area (Å²) < 4.78 is 15.8. The third-order valence-electron chi connectivity index (χ3n) is 2.59. The molecule has 0 unspecified atom stereocenters. The fraction of sp³-hybridized carbons (Fsp3) is 0.833. The summed E-state index contributed by atoms with van der Waals surface area (Å²) in [6.07, 6.45) is -0.556. The largest absolute Gasteiger partial charge is 0.444 e. The Labute approximate surface area is 157 Å². The van der Waals surface area contributed by atoms with Crippen LogP contribution in [-0.2, 0) is 14.2 Å². The number of guanidine groups is 1. The first-order valence-electron chi connectivity index (χ1n) is 8.92. The number of carbonyl (C=O) groups excluding carboxylic acids is 2. The molecule has 0 saturated heterocycles. The van der Waals surface area contributed by atoms with Gasteiger partial charge in [-0.1, -0.05) is 13.8 Å². The van der Waals surface area contributed by atoms with Gasteiger partial charge < -0.3 is 19.5 Å². The van der Waals surface area contributed by atoms with Crippen LogP contribution in [0, 0.1) is 5.92 Å². The SMILES string of the molecule is CC(C)CCOCCN/C(=N\C(=O)OC(C)(C)C)NC(=O)OC(C)(C)C. The first-order chi connectivity index (χ1) is 11.8. The van der Waals surface area contributed by atoms with Gasteiger partial charge in [0, 0.05) is 13.2 Å². The second kappa shape index (κ2) is 11.0. The smallest absolute Gasteiger partial charge is 0.437 e. The standard InChI is InChI=1S/C18H35N3O5/c1-13(2)9-11-24-12-10-19-14(20-15(22)25-17(3,4)5)21-16(23)26-18(6,7)8/h13H,9-12H2,1-8H3,(H2,19,20,21,22,23). The van der Waals surface area contributed by atoms with Crippen LogP contribution in [0.15, 0.2) is 4.99 Å². The van der Waals surface area contributed by atoms with Crippen molar-refractivity contribution in [3.63, 3.8) is 0 Å². The molecular weight excluding hydrogens is 338 g/mol. The highest BCUT2D eigenvalue weighted by molar-refractivity contribution is 5.98. The molecule has 0 aromatic rings. The summed E-state index contributed by atoms with van der Waals surface area (Å²) in [5, 5.41) is 5.27. The van der Waals surface area contributed by atoms with Crippen LogP contribution in [-0.4, -0.2) is 49.1 Å². The van der Waals surface area contributed by atoms with E-state index in [1.54, 1.807) is 41.5 Å². The zero-order valence-electron chi connectivity index (χ0n) is 17.4. The third kappa shape index (κ3) is 15.7. The van der Waals surface area contributed by atoms with Crippen LogP contribution in [0.4, 0.5) is 9.59 Å². The van der Waals surface area contributed by atoms with Crippen molar-refractivity contribution >= 4 is 18.1 Å². The van der Waals surface area contributed by atoms with E-state index in [0.29, 0.717) is 25.7 Å². The third-order valence-corrected chi connectivity index (χ3v) is 2.59. The zero-order chi connectivity index (χ0) is 20.4. The number of nitrogens with one attached hydrogen (secondary N) is 2. The van der Waals surface area contributed by atoms with Gasteiger partial charge in [0.1, 0.15) is 11.2 Å². The van der Waals surface area contributed by atoms with Gasteiger partial charge in [0.15, 0.2) is 0 Å². The van der Waals surface area contributed by atoms with Crippen LogP contribution < -0.4 is 10.6 Å². The van der Waals surface area contributed by atoms with E-state index in [1.165, 1.54) is 0 Å². The molecule has 0 radical (unpaired) electrons. The lowest BCUT2D eigenvalue weighted by molar-refractivity contribution is 0.0559. The summed E-state index contributed by atoms with van der Waals surface area (Å²) in [5.41, 5.74) is -1.35. The number of ether oxygens (including phenoxy) is 3. The molecule has 0 aliphatic carbocycles. The van der Waals surface area contributed by atoms with Crippen molar-refractivity contribution in [3.05, 3.63) is 0 Å². The summed E-state index contributed by atoms with van der Waals surface area (Å²) in [4.78, 5) is 27.5. The Kier molecular flexibility index (Phi) is 10.2. The van der Waals surface area contributed by atoms with E-state index >= 15 is 0 Å². The average molecular weight is 373 g/mol. The first kappa shape index (κ1) is 24.2. The van der Waals surface area contributed by atoms with E-state index in [-0.39, 0.29) is 5.96 Å². The predicted molar refractivity (Wildman–Crippen MR) is 101 cm³/mol. The minimum absolute atomic E-state index is 0.0408. The molecule has 0 atom stereocenters. The summed E-state index contributed by atoms with van der Waals surface area (Å²) in [6, 6.07) is 0. The summed E-state index contributed by atoms with van der Waals surface area (Å²) >= 11 is 0. The van der Waals surface area contributed by atoms with Crippen LogP contribution >= 0.6 is 0 Å². The fourth-order valence-corrected chi connectivity index (χ4v) is 1.55. The molecule has 0 aromatic heterocycles. The zero-order valence-corrected chi connectivity index (χ0v) is 17.4. The van der Waals surface area contributed by atoms with Gasteiger partial charge in [-0.2, -0.15) is 0 Å². The van der Waals surface area contributed by atoms with Gasteiger partial charge in [-0.05, 0) is 53.9 Å². The average Bonchev–Trinajstić information content (AvgIpc) is 2.37. The number of rotatable bonds is 6. The summed E-state index contributed by atoms with van der Waals surface area (Å²) in [6.45, 7) is 16.1. The number of amides is 2. The Morgan fingerprint density at radius 2 is 1.54 bits per heavy atom. The molecule has 0 aliphatic rings. The Hall–Kier alpha value is -1.83. The van der Waals surface area contributed by atoms with Crippen LogP contribution in [0.2, 0.25) is 0 Å². The van der Waals surface area contributed by atoms with Crippen molar-refractivity contribution in [2.24, 2.45) is 10.9 Å². The Morgan fingerprint density at radius 3 is 2.04 bits per heavy atom. The lowest BCUT2D eigenvalue weighted by Gasteiger charge is -2.21. The van der Waals surface area contributed by atoms with Crippen molar-refractivity contribution in [3.8, 4) is 0 Å². The number of hydrogen-bond acceptors (Lipinski definition) is 5. The maximum atomic E-state index is 11.9. The molecule has 0 rings (SSSR count). The number of carbonyl (C=O) groups is 2. The van der Waals surface area contributed by atoms with E-state index < -0.39 is 23.4 Å². The van der Waals surface area contributed by atoms with Crippen LogP contribution in [0.25, 0.3) is 0 Å². The molecule has 8 nitrogen and oxygen atoms in total. The van der Waals surface area contributed by atoms with Gasteiger partial charge in [-0.15, -0.1) is 4.99 Å². The predicted octanol–water partition coefficient (Wildman–Crippen LogP) is 3.45. The van der Waals surface area contributed by atoms with E-state index in [1.807, 2.05) is 0 Å². The fourth-order valence-electron chi connectivity index (χ4n) is 1.55. The number of hydrogen-bond donors (Lipinski definition) is 2. The normalized spacial score (nSPS) is 12.7. The Bertz CT molecular complexity index is 476. The topological polar surface area (TPSA) is 98.3 Å². The van der Waals surface area contributed by atoms with Gasteiger partial charge in [0.25, 0.3) is 0 Å². The number of alkyl carbamates (subject to hydrolysis) is 1. The van der Waals surface area contributed by atoms with Crippen LogP contribution in [0.5, 0.6) is 0 Å². The number of aliphatic imine (C=N–C) groups is 1. The highest BCUT2D eigenvalue weighted by Gasteiger charge is 2.20. The lowest BCUT2D eigenvalue weighted by atomic mass is 10.1. The van der Waals surface area contributed by atoms with Crippen molar-refractivity contribution < 1.29 is 23.8 Å². The Morgan fingerprint density at radius 1 is 0.962 bits per heavy atom. The molecule has 0 fully saturated rings. The molecule has 0 aliphatic heterocycles. The van der Waals surface area contributed by atoms with E-state index in [9.17, 15) is 9.59 Å². The van der Waals surface area contributed by atoms with E-state index in [2.05, 4.69) is 29.5 Å². The molecule has 0 heterocycles. The first-order valence-corrected chi connectivity index (χ1v) is 8.92. The molecule has 8 heteroatoms. The maximum Gasteiger partial charge on any atom is 0.437 e. The van der Waals surface area contributed by atoms with Gasteiger partial charge >= 0.3 is 12.2 Å². The molecule has 0 spiro atoms. The van der Waals surface area contributed by atoms with Gasteiger partial charge in [-0.25, -0.2) is 9.59 Å². The monoisotopic (exact) mass is 373 g/mol. The van der Waals surface area contributed by atoms with Gasteiger partial charge in [0.2, 0.25) is 5.96 Å². The maximum absolute atomic E-state index is 11.9. The second-order valence-corrected chi connectivity index (χ2v) is 8.29. The van der Waals surface area contributed by atoms with Crippen LogP contribution in [0.1, 0.15) is 61.8 Å². The van der Waals surface area contributed by atoms with Gasteiger partial charge in [0.05, 0.1) is 6.61 Å². The second-order valence-electron chi connectivity index (χ2n) is 8.29. The molecule has 0 aromatic carbocycles. The quantitative estimate of drug-likeness (QED) is 0.420. The Balaban J connectivity index is 4.68. The molecule has 0 bridgehead atoms. The molecule has 26 heavy (non-hydrogen) atoms. The van der Waals surface area contributed by atoms with Crippen molar-refractivity contribution in [2.75, 3.05) is 19.8 Å². The molecular formula is C18H35N3O5. The van der Waals surface area contributed by atoms with Gasteiger partial charge in [-0.3, -0.25) is 5.32 Å². The highest BCUT2D eigenvalue weighted by atomic mass is 16.6. The number of nitrogens with zero attached hydrogens (tertiary/aromatic N) is 1. The van der Waals surface area contributed by atoms with E-state index in [4.69, 9.17) is 14.2 Å². The van der Waals surface area contributed by atoms with Crippen molar-refractivity contribution in [1.29, 1.82) is 0 Å². The lowest BCUT2D eigenvalue weighted by Crippen LogP contribution is -2.45. The summed E-state index contributed by atoms with van der Waals surface area (Å²) in [7, 11) is 0. The highest BCUT2D eigenvalue weighted by Crippen LogP contribution is 2.08. The molecule has 152 valence electrons. The molecule has 2 N–H and O–H groups in total. The van der Waals surface area contributed by atoms with Crippen LogP contribution in [0.3, 0.4) is 0 Å². The van der Waals surface area contributed by atoms with Crippen molar-refractivity contribution in [2.45, 2.75) is 73.0 Å².